The molecule has 0 saturated carbocycles. The molecule has 0 N–H and O–H groups in total. The second kappa shape index (κ2) is 6.58. The number of nitriles is 1. The zero-order chi connectivity index (χ0) is 14.4. The lowest BCUT2D eigenvalue weighted by Crippen LogP contribution is -2.14. The molecule has 2 rings (SSSR count). The molecule has 4 heteroatoms. The normalized spacial score (nSPS) is 9.85. The summed E-state index contributed by atoms with van der Waals surface area (Å²) in [7, 11) is 1.89. The lowest BCUT2D eigenvalue weighted by Gasteiger charge is -2.21. The summed E-state index contributed by atoms with van der Waals surface area (Å²) in [5, 5.41) is 9.20. The Hall–Kier alpha value is -2.54. The minimum absolute atomic E-state index is 0.613. The van der Waals surface area contributed by atoms with Crippen LogP contribution in [-0.2, 0) is 0 Å². The van der Waals surface area contributed by atoms with Crippen molar-refractivity contribution < 1.29 is 4.74 Å². The van der Waals surface area contributed by atoms with Gasteiger partial charge < -0.3 is 9.64 Å². The fraction of sp³-hybridized carbons (Fsp3) is 0.250. The highest BCUT2D eigenvalue weighted by Gasteiger charge is 2.14. The molecule has 102 valence electrons. The molecule has 1 heterocycles. The molecule has 0 unspecified atom stereocenters. The molecule has 0 radical (unpaired) electrons. The summed E-state index contributed by atoms with van der Waals surface area (Å²) in [6, 6.07) is 13.4. The number of ether oxygens (including phenoxy) is 1. The van der Waals surface area contributed by atoms with E-state index in [1.54, 1.807) is 12.3 Å². The van der Waals surface area contributed by atoms with Crippen molar-refractivity contribution >= 4 is 11.5 Å². The first-order valence-corrected chi connectivity index (χ1v) is 6.58. The monoisotopic (exact) mass is 267 g/mol. The van der Waals surface area contributed by atoms with E-state index in [4.69, 9.17) is 4.74 Å². The van der Waals surface area contributed by atoms with E-state index in [9.17, 15) is 5.26 Å². The molecule has 0 aliphatic heterocycles. The molecule has 0 bridgehead atoms. The Labute approximate surface area is 119 Å². The van der Waals surface area contributed by atoms with Gasteiger partial charge in [-0.3, -0.25) is 0 Å². The fourth-order valence-corrected chi connectivity index (χ4v) is 1.93. The molecule has 2 aromatic rings. The number of aromatic nitrogens is 1. The highest BCUT2D eigenvalue weighted by atomic mass is 16.5. The number of rotatable bonds is 5. The number of hydrogen-bond donors (Lipinski definition) is 0. The molecule has 0 spiro atoms. The van der Waals surface area contributed by atoms with Crippen molar-refractivity contribution in [2.45, 2.75) is 13.3 Å². The zero-order valence-corrected chi connectivity index (χ0v) is 11.7. The molecular weight excluding hydrogens is 250 g/mol. The van der Waals surface area contributed by atoms with Gasteiger partial charge in [0, 0.05) is 13.2 Å². The van der Waals surface area contributed by atoms with Gasteiger partial charge in [-0.05, 0) is 30.7 Å². The third-order valence-corrected chi connectivity index (χ3v) is 2.92. The van der Waals surface area contributed by atoms with Gasteiger partial charge in [0.05, 0.1) is 17.9 Å². The van der Waals surface area contributed by atoms with E-state index in [1.807, 2.05) is 42.3 Å². The van der Waals surface area contributed by atoms with E-state index in [0.29, 0.717) is 18.0 Å². The Morgan fingerprint density at radius 2 is 2.05 bits per heavy atom. The van der Waals surface area contributed by atoms with Crippen LogP contribution in [0.3, 0.4) is 0 Å². The first-order chi connectivity index (χ1) is 9.77. The summed E-state index contributed by atoms with van der Waals surface area (Å²) < 4.78 is 5.72. The van der Waals surface area contributed by atoms with Gasteiger partial charge in [-0.2, -0.15) is 5.26 Å². The highest BCUT2D eigenvalue weighted by Crippen LogP contribution is 2.31. The van der Waals surface area contributed by atoms with Gasteiger partial charge in [0.2, 0.25) is 0 Å². The quantitative estimate of drug-likeness (QED) is 0.831. The summed E-state index contributed by atoms with van der Waals surface area (Å²) >= 11 is 0. The maximum Gasteiger partial charge on any atom is 0.175 e. The SMILES string of the molecule is CCCOc1cccnc1N(C)c1ccccc1C#N. The molecule has 1 aromatic carbocycles. The number of para-hydroxylation sites is 1. The maximum atomic E-state index is 9.20. The standard InChI is InChI=1S/C16H17N3O/c1-3-11-20-15-9-6-10-18-16(15)19(2)14-8-5-4-7-13(14)12-17/h4-10H,3,11H2,1-2H3. The van der Waals surface area contributed by atoms with Gasteiger partial charge in [0.25, 0.3) is 0 Å². The van der Waals surface area contributed by atoms with Gasteiger partial charge in [-0.25, -0.2) is 4.98 Å². The molecule has 0 aliphatic rings. The maximum absolute atomic E-state index is 9.20. The van der Waals surface area contributed by atoms with Gasteiger partial charge >= 0.3 is 0 Å². The molecule has 20 heavy (non-hydrogen) atoms. The predicted molar refractivity (Wildman–Crippen MR) is 79.2 cm³/mol. The number of hydrogen-bond acceptors (Lipinski definition) is 4. The minimum atomic E-state index is 0.613. The van der Waals surface area contributed by atoms with E-state index >= 15 is 0 Å². The Balaban J connectivity index is 2.38. The number of anilines is 2. The van der Waals surface area contributed by atoms with Crippen LogP contribution in [0.2, 0.25) is 0 Å². The number of nitrogens with zero attached hydrogens (tertiary/aromatic N) is 3. The predicted octanol–water partition coefficient (Wildman–Crippen LogP) is 3.51. The summed E-state index contributed by atoms with van der Waals surface area (Å²) in [6.45, 7) is 2.71. The summed E-state index contributed by atoms with van der Waals surface area (Å²) in [5.41, 5.74) is 1.43. The average molecular weight is 267 g/mol. The summed E-state index contributed by atoms with van der Waals surface area (Å²) in [6.07, 6.45) is 2.66. The van der Waals surface area contributed by atoms with Crippen LogP contribution < -0.4 is 9.64 Å². The van der Waals surface area contributed by atoms with Crippen LogP contribution in [0.1, 0.15) is 18.9 Å². The Bertz CT molecular complexity index is 619. The second-order valence-electron chi connectivity index (χ2n) is 4.36. The van der Waals surface area contributed by atoms with Crippen LogP contribution in [0.25, 0.3) is 0 Å². The van der Waals surface area contributed by atoms with Gasteiger partial charge in [-0.15, -0.1) is 0 Å². The fourth-order valence-electron chi connectivity index (χ4n) is 1.93. The molecule has 0 saturated heterocycles. The van der Waals surface area contributed by atoms with Crippen molar-refractivity contribution in [3.05, 3.63) is 48.2 Å². The minimum Gasteiger partial charge on any atom is -0.490 e. The molecule has 0 atom stereocenters. The third-order valence-electron chi connectivity index (χ3n) is 2.92. The van der Waals surface area contributed by atoms with Gasteiger partial charge in [-0.1, -0.05) is 19.1 Å². The lowest BCUT2D eigenvalue weighted by atomic mass is 10.2. The van der Waals surface area contributed by atoms with E-state index in [2.05, 4.69) is 18.0 Å². The van der Waals surface area contributed by atoms with Crippen molar-refractivity contribution in [2.24, 2.45) is 0 Å². The van der Waals surface area contributed by atoms with E-state index in [1.165, 1.54) is 0 Å². The molecule has 0 amide bonds. The molecule has 0 fully saturated rings. The molecule has 4 nitrogen and oxygen atoms in total. The van der Waals surface area contributed by atoms with Crippen molar-refractivity contribution in [1.29, 1.82) is 5.26 Å². The van der Waals surface area contributed by atoms with Crippen molar-refractivity contribution in [2.75, 3.05) is 18.6 Å². The van der Waals surface area contributed by atoms with E-state index in [0.717, 1.165) is 17.9 Å². The van der Waals surface area contributed by atoms with Crippen molar-refractivity contribution in [3.8, 4) is 11.8 Å². The largest absolute Gasteiger partial charge is 0.490 e. The smallest absolute Gasteiger partial charge is 0.175 e. The van der Waals surface area contributed by atoms with Crippen molar-refractivity contribution in [1.82, 2.24) is 4.98 Å². The second-order valence-corrected chi connectivity index (χ2v) is 4.36. The molecular formula is C16H17N3O. The Morgan fingerprint density at radius 3 is 2.80 bits per heavy atom. The Kier molecular flexibility index (Phi) is 4.56. The van der Waals surface area contributed by atoms with Crippen LogP contribution in [0, 0.1) is 11.3 Å². The highest BCUT2D eigenvalue weighted by molar-refractivity contribution is 5.69. The third kappa shape index (κ3) is 2.89. The lowest BCUT2D eigenvalue weighted by molar-refractivity contribution is 0.317. The van der Waals surface area contributed by atoms with Crippen LogP contribution in [0.4, 0.5) is 11.5 Å². The van der Waals surface area contributed by atoms with Crippen molar-refractivity contribution in [3.63, 3.8) is 0 Å². The first kappa shape index (κ1) is 13.9. The first-order valence-electron chi connectivity index (χ1n) is 6.58. The average Bonchev–Trinajstić information content (AvgIpc) is 2.52. The van der Waals surface area contributed by atoms with Crippen LogP contribution in [0.5, 0.6) is 5.75 Å². The summed E-state index contributed by atoms with van der Waals surface area (Å²) in [4.78, 5) is 6.25. The summed E-state index contributed by atoms with van der Waals surface area (Å²) in [5.74, 6) is 1.44. The van der Waals surface area contributed by atoms with Gasteiger partial charge in [0.1, 0.15) is 6.07 Å². The zero-order valence-electron chi connectivity index (χ0n) is 11.7. The van der Waals surface area contributed by atoms with E-state index < -0.39 is 0 Å². The van der Waals surface area contributed by atoms with Crippen LogP contribution in [0.15, 0.2) is 42.6 Å². The van der Waals surface area contributed by atoms with Crippen LogP contribution in [-0.4, -0.2) is 18.6 Å². The van der Waals surface area contributed by atoms with E-state index in [-0.39, 0.29) is 0 Å². The molecule has 0 aliphatic carbocycles. The van der Waals surface area contributed by atoms with Gasteiger partial charge in [0.15, 0.2) is 11.6 Å². The molecule has 1 aromatic heterocycles. The number of pyridine rings is 1. The Morgan fingerprint density at radius 1 is 1.25 bits per heavy atom. The van der Waals surface area contributed by atoms with Crippen LogP contribution >= 0.6 is 0 Å². The number of benzene rings is 1. The topological polar surface area (TPSA) is 49.1 Å².